The van der Waals surface area contributed by atoms with Crippen molar-refractivity contribution in [3.8, 4) is 27.7 Å². The first-order valence-corrected chi connectivity index (χ1v) is 11.2. The Morgan fingerprint density at radius 3 is 2.45 bits per heavy atom. The van der Waals surface area contributed by atoms with Gasteiger partial charge in [0.1, 0.15) is 12.4 Å². The Labute approximate surface area is 196 Å². The average Bonchev–Trinajstić information content (AvgIpc) is 3.41. The number of benzene rings is 2. The second-order valence-corrected chi connectivity index (χ2v) is 8.09. The van der Waals surface area contributed by atoms with Crippen LogP contribution in [0.4, 0.5) is 0 Å². The fourth-order valence-corrected chi connectivity index (χ4v) is 4.03. The van der Waals surface area contributed by atoms with Gasteiger partial charge in [0.05, 0.1) is 14.2 Å². The zero-order valence-electron chi connectivity index (χ0n) is 18.4. The van der Waals surface area contributed by atoms with E-state index in [9.17, 15) is 4.79 Å². The van der Waals surface area contributed by atoms with Crippen molar-refractivity contribution in [1.29, 1.82) is 0 Å². The number of hydrogen-bond acceptors (Lipinski definition) is 6. The van der Waals surface area contributed by atoms with E-state index in [4.69, 9.17) is 14.2 Å². The molecule has 6 heteroatoms. The lowest BCUT2D eigenvalue weighted by Gasteiger charge is -2.11. The van der Waals surface area contributed by atoms with Crippen LogP contribution in [0.5, 0.6) is 17.2 Å². The van der Waals surface area contributed by atoms with Gasteiger partial charge in [-0.05, 0) is 83.3 Å². The van der Waals surface area contributed by atoms with Crippen LogP contribution in [0, 0.1) is 0 Å². The number of nitrogens with zero attached hydrogens (tertiary/aromatic N) is 1. The number of carbonyl (C=O) groups is 1. The molecule has 0 spiro atoms. The van der Waals surface area contributed by atoms with Gasteiger partial charge in [-0.1, -0.05) is 6.07 Å². The van der Waals surface area contributed by atoms with Gasteiger partial charge < -0.3 is 14.2 Å². The van der Waals surface area contributed by atoms with Crippen molar-refractivity contribution < 1.29 is 19.0 Å². The third-order valence-electron chi connectivity index (χ3n) is 5.04. The number of carbonyl (C=O) groups excluding carboxylic acids is 1. The Morgan fingerprint density at radius 2 is 1.73 bits per heavy atom. The monoisotopic (exact) mass is 457 g/mol. The summed E-state index contributed by atoms with van der Waals surface area (Å²) in [6.07, 6.45) is 6.76. The van der Waals surface area contributed by atoms with Gasteiger partial charge >= 0.3 is 0 Å². The number of aromatic nitrogens is 1. The van der Waals surface area contributed by atoms with Crippen molar-refractivity contribution in [3.63, 3.8) is 0 Å². The third kappa shape index (κ3) is 5.48. The first-order valence-electron chi connectivity index (χ1n) is 10.3. The summed E-state index contributed by atoms with van der Waals surface area (Å²) >= 11 is 1.67. The maximum Gasteiger partial charge on any atom is 0.185 e. The molecule has 4 aromatic rings. The van der Waals surface area contributed by atoms with Crippen molar-refractivity contribution in [2.75, 3.05) is 14.2 Å². The highest BCUT2D eigenvalue weighted by molar-refractivity contribution is 7.13. The summed E-state index contributed by atoms with van der Waals surface area (Å²) < 4.78 is 16.8. The molecule has 0 bridgehead atoms. The highest BCUT2D eigenvalue weighted by Gasteiger charge is 2.11. The van der Waals surface area contributed by atoms with Crippen molar-refractivity contribution in [1.82, 2.24) is 4.98 Å². The smallest absolute Gasteiger partial charge is 0.185 e. The lowest BCUT2D eigenvalue weighted by molar-refractivity contribution is 0.104. The SMILES string of the molecule is COc1ccc(-c2cccs2)cc1/C=C/C(=O)c1ccc(OCc2ccncc2)c(OC)c1. The molecule has 0 N–H and O–H groups in total. The first-order chi connectivity index (χ1) is 16.2. The van der Waals surface area contributed by atoms with E-state index >= 15 is 0 Å². The molecule has 2 aromatic carbocycles. The fraction of sp³-hybridized carbons (Fsp3) is 0.111. The second kappa shape index (κ2) is 10.6. The number of hydrogen-bond donors (Lipinski definition) is 0. The minimum absolute atomic E-state index is 0.141. The van der Waals surface area contributed by atoms with Gasteiger partial charge in [-0.3, -0.25) is 9.78 Å². The number of pyridine rings is 1. The topological polar surface area (TPSA) is 57.7 Å². The van der Waals surface area contributed by atoms with Crippen molar-refractivity contribution in [2.24, 2.45) is 0 Å². The highest BCUT2D eigenvalue weighted by Crippen LogP contribution is 2.31. The van der Waals surface area contributed by atoms with E-state index in [0.717, 1.165) is 21.6 Å². The number of allylic oxidation sites excluding steroid dienone is 1. The largest absolute Gasteiger partial charge is 0.496 e. The average molecular weight is 458 g/mol. The summed E-state index contributed by atoms with van der Waals surface area (Å²) in [6, 6.07) is 19.0. The number of thiophene rings is 1. The number of ether oxygens (including phenoxy) is 3. The van der Waals surface area contributed by atoms with E-state index in [1.807, 2.05) is 41.8 Å². The molecule has 0 aliphatic carbocycles. The van der Waals surface area contributed by atoms with E-state index in [0.29, 0.717) is 29.4 Å². The summed E-state index contributed by atoms with van der Waals surface area (Å²) in [6.45, 7) is 0.381. The lowest BCUT2D eigenvalue weighted by Crippen LogP contribution is -2.00. The van der Waals surface area contributed by atoms with Crippen molar-refractivity contribution in [2.45, 2.75) is 6.61 Å². The third-order valence-corrected chi connectivity index (χ3v) is 5.96. The van der Waals surface area contributed by atoms with Gasteiger partial charge in [-0.2, -0.15) is 0 Å². The first kappa shape index (κ1) is 22.3. The van der Waals surface area contributed by atoms with Gasteiger partial charge in [0.15, 0.2) is 17.3 Å². The highest BCUT2D eigenvalue weighted by atomic mass is 32.1. The standard InChI is InChI=1S/C27H23NO4S/c1-30-24-9-7-22(27-4-3-15-33-27)16-21(24)5-8-23(29)20-6-10-25(26(17-20)31-2)32-18-19-11-13-28-14-12-19/h3-17H,18H2,1-2H3/b8-5+. The number of methoxy groups -OCH3 is 2. The Balaban J connectivity index is 1.51. The van der Waals surface area contributed by atoms with Crippen LogP contribution >= 0.6 is 11.3 Å². The molecule has 5 nitrogen and oxygen atoms in total. The zero-order valence-corrected chi connectivity index (χ0v) is 19.2. The van der Waals surface area contributed by atoms with Crippen LogP contribution in [0.25, 0.3) is 16.5 Å². The number of ketones is 1. The van der Waals surface area contributed by atoms with Crippen LogP contribution in [0.3, 0.4) is 0 Å². The predicted octanol–water partition coefficient (Wildman–Crippen LogP) is 6.30. The minimum Gasteiger partial charge on any atom is -0.496 e. The Hall–Kier alpha value is -3.90. The summed E-state index contributed by atoms with van der Waals surface area (Å²) in [5.41, 5.74) is 3.41. The number of rotatable bonds is 9. The molecule has 2 heterocycles. The molecule has 0 unspecified atom stereocenters. The van der Waals surface area contributed by atoms with E-state index in [1.165, 1.54) is 0 Å². The maximum atomic E-state index is 12.9. The Morgan fingerprint density at radius 1 is 0.939 bits per heavy atom. The molecule has 0 saturated carbocycles. The normalized spacial score (nSPS) is 10.8. The molecule has 0 aliphatic heterocycles. The summed E-state index contributed by atoms with van der Waals surface area (Å²) in [7, 11) is 3.18. The minimum atomic E-state index is -0.141. The van der Waals surface area contributed by atoms with Gasteiger partial charge in [0.2, 0.25) is 0 Å². The molecule has 0 atom stereocenters. The molecule has 0 fully saturated rings. The van der Waals surface area contributed by atoms with Crippen LogP contribution in [0.2, 0.25) is 0 Å². The lowest BCUT2D eigenvalue weighted by atomic mass is 10.1. The molecule has 2 aromatic heterocycles. The van der Waals surface area contributed by atoms with E-state index in [-0.39, 0.29) is 5.78 Å². The van der Waals surface area contributed by atoms with Crippen molar-refractivity contribution in [3.05, 3.63) is 101 Å². The second-order valence-electron chi connectivity index (χ2n) is 7.14. The molecule has 4 rings (SSSR count). The molecular formula is C27H23NO4S. The zero-order chi connectivity index (χ0) is 23.0. The molecule has 0 radical (unpaired) electrons. The van der Waals surface area contributed by atoms with Crippen LogP contribution in [-0.4, -0.2) is 25.0 Å². The molecule has 0 aliphatic rings. The van der Waals surface area contributed by atoms with Gasteiger partial charge in [0.25, 0.3) is 0 Å². The Bertz CT molecular complexity index is 1250. The van der Waals surface area contributed by atoms with Crippen molar-refractivity contribution >= 4 is 23.2 Å². The van der Waals surface area contributed by atoms with E-state index in [1.54, 1.807) is 68.3 Å². The summed E-state index contributed by atoms with van der Waals surface area (Å²) in [4.78, 5) is 18.0. The van der Waals surface area contributed by atoms with E-state index < -0.39 is 0 Å². The van der Waals surface area contributed by atoms with E-state index in [2.05, 4.69) is 11.1 Å². The van der Waals surface area contributed by atoms with Crippen LogP contribution < -0.4 is 14.2 Å². The summed E-state index contributed by atoms with van der Waals surface area (Å²) in [5, 5.41) is 2.04. The molecule has 166 valence electrons. The van der Waals surface area contributed by atoms with Crippen LogP contribution in [0.15, 0.2) is 84.5 Å². The van der Waals surface area contributed by atoms with Gasteiger partial charge in [-0.25, -0.2) is 0 Å². The van der Waals surface area contributed by atoms with Crippen LogP contribution in [0.1, 0.15) is 21.5 Å². The molecule has 0 saturated heterocycles. The summed E-state index contributed by atoms with van der Waals surface area (Å²) in [5.74, 6) is 1.63. The maximum absolute atomic E-state index is 12.9. The van der Waals surface area contributed by atoms with Gasteiger partial charge in [0, 0.05) is 28.4 Å². The Kier molecular flexibility index (Phi) is 7.17. The predicted molar refractivity (Wildman–Crippen MR) is 131 cm³/mol. The van der Waals surface area contributed by atoms with Crippen LogP contribution in [-0.2, 0) is 6.61 Å². The molecular weight excluding hydrogens is 434 g/mol. The molecule has 33 heavy (non-hydrogen) atoms. The van der Waals surface area contributed by atoms with Gasteiger partial charge in [-0.15, -0.1) is 11.3 Å². The quantitative estimate of drug-likeness (QED) is 0.218. The molecule has 0 amide bonds. The fourth-order valence-electron chi connectivity index (χ4n) is 3.30.